The van der Waals surface area contributed by atoms with E-state index in [9.17, 15) is 26.4 Å². The number of amides is 1. The summed E-state index contributed by atoms with van der Waals surface area (Å²) in [6, 6.07) is 3.93. The molecule has 5 nitrogen and oxygen atoms in total. The van der Waals surface area contributed by atoms with Crippen molar-refractivity contribution in [2.24, 2.45) is 5.73 Å². The summed E-state index contributed by atoms with van der Waals surface area (Å²) >= 11 is 0. The van der Waals surface area contributed by atoms with Gasteiger partial charge in [-0.05, 0) is 30.9 Å². The number of carbonyl (C=O) groups excluding carboxylic acids is 1. The van der Waals surface area contributed by atoms with E-state index in [1.165, 1.54) is 12.1 Å². The molecule has 1 aliphatic rings. The number of halogens is 4. The zero-order chi connectivity index (χ0) is 19.5. The molecule has 1 aromatic carbocycles. The van der Waals surface area contributed by atoms with Gasteiger partial charge in [0.2, 0.25) is 5.91 Å². The minimum absolute atomic E-state index is 0. The van der Waals surface area contributed by atoms with Crippen LogP contribution in [0, 0.1) is 0 Å². The third-order valence-corrected chi connectivity index (χ3v) is 5.62. The summed E-state index contributed by atoms with van der Waals surface area (Å²) in [5.74, 6) is -1.19. The van der Waals surface area contributed by atoms with Crippen LogP contribution in [0.25, 0.3) is 0 Å². The highest BCUT2D eigenvalue weighted by Gasteiger charge is 2.39. The van der Waals surface area contributed by atoms with Crippen molar-refractivity contribution in [3.05, 3.63) is 35.4 Å². The van der Waals surface area contributed by atoms with Gasteiger partial charge in [0, 0.05) is 18.2 Å². The molecule has 1 aliphatic carbocycles. The molecule has 0 aliphatic heterocycles. The zero-order valence-corrected chi connectivity index (χ0v) is 16.5. The van der Waals surface area contributed by atoms with Gasteiger partial charge in [-0.3, -0.25) is 4.79 Å². The van der Waals surface area contributed by atoms with Crippen LogP contribution >= 0.6 is 12.4 Å². The first-order valence-electron chi connectivity index (χ1n) is 8.39. The average Bonchev–Trinajstić information content (AvgIpc) is 2.99. The number of benzene rings is 1. The van der Waals surface area contributed by atoms with E-state index in [1.807, 2.05) is 0 Å². The van der Waals surface area contributed by atoms with E-state index in [0.717, 1.165) is 12.3 Å². The van der Waals surface area contributed by atoms with Crippen LogP contribution < -0.4 is 11.1 Å². The highest BCUT2D eigenvalue weighted by Crippen LogP contribution is 2.41. The fourth-order valence-corrected chi connectivity index (χ4v) is 4.03. The van der Waals surface area contributed by atoms with Gasteiger partial charge in [0.15, 0.2) is 0 Å². The molecule has 27 heavy (non-hydrogen) atoms. The zero-order valence-electron chi connectivity index (χ0n) is 14.8. The van der Waals surface area contributed by atoms with Gasteiger partial charge in [-0.2, -0.15) is 13.2 Å². The van der Waals surface area contributed by atoms with Crippen LogP contribution in [0.5, 0.6) is 0 Å². The fourth-order valence-electron chi connectivity index (χ4n) is 3.35. The van der Waals surface area contributed by atoms with Gasteiger partial charge in [0.1, 0.15) is 9.84 Å². The molecule has 3 atom stereocenters. The first-order chi connectivity index (χ1) is 12.0. The Bertz CT molecular complexity index is 756. The molecule has 0 aromatic heterocycles. The van der Waals surface area contributed by atoms with Crippen molar-refractivity contribution in [2.75, 3.05) is 12.0 Å². The Morgan fingerprint density at radius 2 is 1.93 bits per heavy atom. The number of hydrogen-bond acceptors (Lipinski definition) is 4. The van der Waals surface area contributed by atoms with Gasteiger partial charge in [0.25, 0.3) is 0 Å². The summed E-state index contributed by atoms with van der Waals surface area (Å²) in [5.41, 5.74) is 5.22. The van der Waals surface area contributed by atoms with Gasteiger partial charge < -0.3 is 11.1 Å². The average molecular weight is 429 g/mol. The molecular formula is C17H24ClF3N2O3S. The first-order valence-corrected chi connectivity index (χ1v) is 10.4. The monoisotopic (exact) mass is 428 g/mol. The van der Waals surface area contributed by atoms with Crippen LogP contribution in [0.15, 0.2) is 24.3 Å². The van der Waals surface area contributed by atoms with Crippen molar-refractivity contribution < 1.29 is 26.4 Å². The summed E-state index contributed by atoms with van der Waals surface area (Å²) < 4.78 is 62.2. The van der Waals surface area contributed by atoms with Crippen molar-refractivity contribution in [1.29, 1.82) is 0 Å². The molecule has 1 aromatic rings. The Morgan fingerprint density at radius 1 is 1.30 bits per heavy atom. The first kappa shape index (κ1) is 23.7. The lowest BCUT2D eigenvalue weighted by atomic mass is 9.89. The molecule has 3 unspecified atom stereocenters. The largest absolute Gasteiger partial charge is 0.416 e. The van der Waals surface area contributed by atoms with Crippen LogP contribution in [-0.4, -0.2) is 38.4 Å². The van der Waals surface area contributed by atoms with E-state index in [1.54, 1.807) is 6.07 Å². The molecule has 0 bridgehead atoms. The Morgan fingerprint density at radius 3 is 2.52 bits per heavy atom. The molecule has 1 fully saturated rings. The number of nitrogens with two attached hydrogens (primary N) is 1. The SMILES string of the molecule is CS(=O)(=O)CCC(N)C(=O)NC1CCCC1c1ccccc1C(F)(F)F.Cl. The summed E-state index contributed by atoms with van der Waals surface area (Å²) in [7, 11) is -3.24. The number of rotatable bonds is 6. The maximum Gasteiger partial charge on any atom is 0.416 e. The van der Waals surface area contributed by atoms with E-state index < -0.39 is 45.5 Å². The molecule has 0 spiro atoms. The Kier molecular flexibility index (Phi) is 8.13. The summed E-state index contributed by atoms with van der Waals surface area (Å²) in [6.45, 7) is 0. The van der Waals surface area contributed by atoms with E-state index in [2.05, 4.69) is 5.32 Å². The molecule has 0 radical (unpaired) electrons. The second kappa shape index (κ2) is 9.25. The molecule has 10 heteroatoms. The maximum absolute atomic E-state index is 13.3. The smallest absolute Gasteiger partial charge is 0.351 e. The minimum Gasteiger partial charge on any atom is -0.351 e. The van der Waals surface area contributed by atoms with Crippen molar-refractivity contribution in [1.82, 2.24) is 5.32 Å². The number of alkyl halides is 3. The summed E-state index contributed by atoms with van der Waals surface area (Å²) in [4.78, 5) is 12.2. The Labute approximate surface area is 163 Å². The van der Waals surface area contributed by atoms with E-state index in [0.29, 0.717) is 19.3 Å². The standard InChI is InChI=1S/C17H23F3N2O3S.ClH/c1-26(24,25)10-9-14(21)16(23)22-15-8-4-6-12(15)11-5-2-3-7-13(11)17(18,19)20;/h2-3,5,7,12,14-15H,4,6,8-10,21H2,1H3,(H,22,23);1H. The number of carbonyl (C=O) groups is 1. The lowest BCUT2D eigenvalue weighted by Gasteiger charge is -2.25. The van der Waals surface area contributed by atoms with E-state index in [4.69, 9.17) is 5.73 Å². The van der Waals surface area contributed by atoms with Crippen LogP contribution in [0.2, 0.25) is 0 Å². The summed E-state index contributed by atoms with van der Waals surface area (Å²) in [6.07, 6.45) is -1.64. The van der Waals surface area contributed by atoms with Crippen LogP contribution in [0.1, 0.15) is 42.7 Å². The second-order valence-corrected chi connectivity index (χ2v) is 9.02. The minimum atomic E-state index is -4.46. The van der Waals surface area contributed by atoms with E-state index >= 15 is 0 Å². The molecule has 2 rings (SSSR count). The molecule has 0 saturated heterocycles. The number of hydrogen-bond donors (Lipinski definition) is 2. The third-order valence-electron chi connectivity index (χ3n) is 4.65. The van der Waals surface area contributed by atoms with E-state index in [-0.39, 0.29) is 30.1 Å². The van der Waals surface area contributed by atoms with Gasteiger partial charge in [-0.25, -0.2) is 8.42 Å². The van der Waals surface area contributed by atoms with Crippen LogP contribution in [0.4, 0.5) is 13.2 Å². The fraction of sp³-hybridized carbons (Fsp3) is 0.588. The maximum atomic E-state index is 13.3. The Hall–Kier alpha value is -1.32. The predicted molar refractivity (Wildman–Crippen MR) is 99.5 cm³/mol. The molecule has 154 valence electrons. The van der Waals surface area contributed by atoms with Gasteiger partial charge in [-0.15, -0.1) is 12.4 Å². The summed E-state index contributed by atoms with van der Waals surface area (Å²) in [5, 5.41) is 2.72. The molecular weight excluding hydrogens is 405 g/mol. The lowest BCUT2D eigenvalue weighted by Crippen LogP contribution is -2.46. The number of nitrogens with one attached hydrogen (secondary N) is 1. The third kappa shape index (κ3) is 6.65. The van der Waals surface area contributed by atoms with Crippen molar-refractivity contribution in [3.63, 3.8) is 0 Å². The second-order valence-electron chi connectivity index (χ2n) is 6.76. The van der Waals surface area contributed by atoms with Gasteiger partial charge in [0.05, 0.1) is 17.4 Å². The highest BCUT2D eigenvalue weighted by atomic mass is 35.5. The highest BCUT2D eigenvalue weighted by molar-refractivity contribution is 7.90. The molecule has 3 N–H and O–H groups in total. The quantitative estimate of drug-likeness (QED) is 0.729. The predicted octanol–water partition coefficient (Wildman–Crippen LogP) is 2.64. The molecule has 0 heterocycles. The van der Waals surface area contributed by atoms with Gasteiger partial charge in [-0.1, -0.05) is 24.6 Å². The number of sulfone groups is 1. The molecule has 1 saturated carbocycles. The normalized spacial score (nSPS) is 21.4. The van der Waals surface area contributed by atoms with Gasteiger partial charge >= 0.3 is 6.18 Å². The lowest BCUT2D eigenvalue weighted by molar-refractivity contribution is -0.138. The van der Waals surface area contributed by atoms with Crippen molar-refractivity contribution in [3.8, 4) is 0 Å². The molecule has 1 amide bonds. The topological polar surface area (TPSA) is 89.3 Å². The Balaban J connectivity index is 0.00000364. The van der Waals surface area contributed by atoms with Crippen molar-refractivity contribution in [2.45, 2.75) is 49.9 Å². The van der Waals surface area contributed by atoms with Crippen molar-refractivity contribution >= 4 is 28.2 Å². The van der Waals surface area contributed by atoms with Crippen LogP contribution in [-0.2, 0) is 20.8 Å². The van der Waals surface area contributed by atoms with Crippen LogP contribution in [0.3, 0.4) is 0 Å².